The fourth-order valence-corrected chi connectivity index (χ4v) is 2.04. The zero-order valence-corrected chi connectivity index (χ0v) is 12.3. The lowest BCUT2D eigenvalue weighted by molar-refractivity contribution is 0.400. The minimum Gasteiger partial charge on any atom is -0.370 e. The Labute approximate surface area is 128 Å². The molecule has 0 unspecified atom stereocenters. The Morgan fingerprint density at radius 1 is 1.09 bits per heavy atom. The van der Waals surface area contributed by atoms with Crippen molar-refractivity contribution in [3.63, 3.8) is 0 Å². The SMILES string of the molecule is Cc1cc(Nc2nccc(NCCc3ccccc3)n2)no1. The van der Waals surface area contributed by atoms with Crippen LogP contribution in [0.15, 0.2) is 53.2 Å². The van der Waals surface area contributed by atoms with Crippen LogP contribution in [-0.2, 0) is 6.42 Å². The van der Waals surface area contributed by atoms with Crippen LogP contribution in [0, 0.1) is 6.92 Å². The van der Waals surface area contributed by atoms with Crippen molar-refractivity contribution in [1.82, 2.24) is 15.1 Å². The molecule has 1 aromatic carbocycles. The van der Waals surface area contributed by atoms with Gasteiger partial charge in [0.2, 0.25) is 5.95 Å². The molecule has 0 aliphatic carbocycles. The minimum atomic E-state index is 0.484. The summed E-state index contributed by atoms with van der Waals surface area (Å²) in [4.78, 5) is 8.56. The molecule has 22 heavy (non-hydrogen) atoms. The van der Waals surface area contributed by atoms with Gasteiger partial charge in [-0.25, -0.2) is 4.98 Å². The summed E-state index contributed by atoms with van der Waals surface area (Å²) in [5.41, 5.74) is 1.29. The van der Waals surface area contributed by atoms with Gasteiger partial charge in [-0.15, -0.1) is 0 Å². The van der Waals surface area contributed by atoms with E-state index in [1.807, 2.05) is 31.2 Å². The summed E-state index contributed by atoms with van der Waals surface area (Å²) < 4.78 is 5.00. The normalized spacial score (nSPS) is 10.4. The maximum Gasteiger partial charge on any atom is 0.230 e. The Morgan fingerprint density at radius 2 is 1.95 bits per heavy atom. The van der Waals surface area contributed by atoms with Gasteiger partial charge < -0.3 is 15.2 Å². The van der Waals surface area contributed by atoms with E-state index in [0.717, 1.165) is 24.5 Å². The molecule has 112 valence electrons. The first kappa shape index (κ1) is 14.1. The lowest BCUT2D eigenvalue weighted by Crippen LogP contribution is -2.07. The second-order valence-corrected chi connectivity index (χ2v) is 4.88. The molecule has 3 rings (SSSR count). The van der Waals surface area contributed by atoms with Gasteiger partial charge in [-0.05, 0) is 25.0 Å². The summed E-state index contributed by atoms with van der Waals surface area (Å²) in [6.07, 6.45) is 2.64. The van der Waals surface area contributed by atoms with Crippen molar-refractivity contribution >= 4 is 17.6 Å². The van der Waals surface area contributed by atoms with E-state index in [2.05, 4.69) is 37.9 Å². The molecule has 3 aromatic rings. The van der Waals surface area contributed by atoms with Gasteiger partial charge in [-0.1, -0.05) is 35.5 Å². The Morgan fingerprint density at radius 3 is 2.73 bits per heavy atom. The summed E-state index contributed by atoms with van der Waals surface area (Å²) in [6.45, 7) is 2.64. The van der Waals surface area contributed by atoms with E-state index in [-0.39, 0.29) is 0 Å². The first-order valence-electron chi connectivity index (χ1n) is 7.11. The van der Waals surface area contributed by atoms with Crippen LogP contribution in [0.1, 0.15) is 11.3 Å². The van der Waals surface area contributed by atoms with E-state index in [1.54, 1.807) is 12.3 Å². The molecule has 2 N–H and O–H groups in total. The Balaban J connectivity index is 1.57. The maximum absolute atomic E-state index is 5.00. The summed E-state index contributed by atoms with van der Waals surface area (Å²) in [7, 11) is 0. The molecule has 0 aliphatic heterocycles. The summed E-state index contributed by atoms with van der Waals surface area (Å²) >= 11 is 0. The summed E-state index contributed by atoms with van der Waals surface area (Å²) in [5.74, 6) is 2.59. The number of aromatic nitrogens is 3. The molecule has 0 atom stereocenters. The van der Waals surface area contributed by atoms with Crippen molar-refractivity contribution in [2.24, 2.45) is 0 Å². The number of hydrogen-bond acceptors (Lipinski definition) is 6. The zero-order valence-electron chi connectivity index (χ0n) is 12.3. The van der Waals surface area contributed by atoms with Gasteiger partial charge in [-0.2, -0.15) is 4.98 Å². The molecule has 6 nitrogen and oxygen atoms in total. The fourth-order valence-electron chi connectivity index (χ4n) is 2.04. The largest absolute Gasteiger partial charge is 0.370 e. The maximum atomic E-state index is 5.00. The second-order valence-electron chi connectivity index (χ2n) is 4.88. The quantitative estimate of drug-likeness (QED) is 0.727. The molecule has 0 saturated carbocycles. The summed E-state index contributed by atoms with van der Waals surface area (Å²) in [6, 6.07) is 14.0. The fraction of sp³-hybridized carbons (Fsp3) is 0.188. The van der Waals surface area contributed by atoms with E-state index in [1.165, 1.54) is 5.56 Å². The average molecular weight is 295 g/mol. The molecule has 0 fully saturated rings. The van der Waals surface area contributed by atoms with Gasteiger partial charge in [0.05, 0.1) is 0 Å². The number of anilines is 3. The summed E-state index contributed by atoms with van der Waals surface area (Å²) in [5, 5.41) is 10.2. The highest BCUT2D eigenvalue weighted by Gasteiger charge is 2.03. The standard InChI is InChI=1S/C16H17N5O/c1-12-11-15(21-22-12)20-16-18-10-8-14(19-16)17-9-7-13-5-3-2-4-6-13/h2-6,8,10-11H,7,9H2,1H3,(H2,17,18,19,20,21). The molecule has 0 bridgehead atoms. The van der Waals surface area contributed by atoms with Crippen LogP contribution in [0.2, 0.25) is 0 Å². The minimum absolute atomic E-state index is 0.484. The molecule has 2 aromatic heterocycles. The predicted molar refractivity (Wildman–Crippen MR) is 85.2 cm³/mol. The van der Waals surface area contributed by atoms with Gasteiger partial charge in [-0.3, -0.25) is 0 Å². The van der Waals surface area contributed by atoms with E-state index in [9.17, 15) is 0 Å². The van der Waals surface area contributed by atoms with Crippen LogP contribution < -0.4 is 10.6 Å². The third-order valence-corrected chi connectivity index (χ3v) is 3.09. The highest BCUT2D eigenvalue weighted by Crippen LogP contribution is 2.13. The number of aryl methyl sites for hydroxylation is 1. The first-order chi connectivity index (χ1) is 10.8. The highest BCUT2D eigenvalue weighted by atomic mass is 16.5. The average Bonchev–Trinajstić information content (AvgIpc) is 2.94. The van der Waals surface area contributed by atoms with Crippen LogP contribution in [0.3, 0.4) is 0 Å². The monoisotopic (exact) mass is 295 g/mol. The van der Waals surface area contributed by atoms with Crippen molar-refractivity contribution in [2.45, 2.75) is 13.3 Å². The molecular formula is C16H17N5O. The van der Waals surface area contributed by atoms with E-state index in [4.69, 9.17) is 4.52 Å². The lowest BCUT2D eigenvalue weighted by Gasteiger charge is -2.07. The predicted octanol–water partition coefficient (Wildman–Crippen LogP) is 3.17. The molecule has 6 heteroatoms. The number of nitrogens with one attached hydrogen (secondary N) is 2. The molecule has 0 radical (unpaired) electrons. The van der Waals surface area contributed by atoms with Crippen molar-refractivity contribution in [1.29, 1.82) is 0 Å². The van der Waals surface area contributed by atoms with Crippen LogP contribution in [0.4, 0.5) is 17.6 Å². The van der Waals surface area contributed by atoms with E-state index >= 15 is 0 Å². The number of nitrogens with zero attached hydrogens (tertiary/aromatic N) is 3. The van der Waals surface area contributed by atoms with E-state index in [0.29, 0.717) is 11.8 Å². The third kappa shape index (κ3) is 3.82. The Hall–Kier alpha value is -2.89. The van der Waals surface area contributed by atoms with Crippen molar-refractivity contribution < 1.29 is 4.52 Å². The highest BCUT2D eigenvalue weighted by molar-refractivity contribution is 5.49. The van der Waals surface area contributed by atoms with Crippen LogP contribution in [-0.4, -0.2) is 21.7 Å². The number of benzene rings is 1. The number of hydrogen-bond donors (Lipinski definition) is 2. The van der Waals surface area contributed by atoms with Gasteiger partial charge in [0, 0.05) is 18.8 Å². The third-order valence-electron chi connectivity index (χ3n) is 3.09. The van der Waals surface area contributed by atoms with Crippen molar-refractivity contribution in [3.05, 3.63) is 60.0 Å². The van der Waals surface area contributed by atoms with Crippen LogP contribution >= 0.6 is 0 Å². The van der Waals surface area contributed by atoms with Gasteiger partial charge in [0.1, 0.15) is 11.6 Å². The molecule has 0 spiro atoms. The molecule has 0 aliphatic rings. The second kappa shape index (κ2) is 6.71. The lowest BCUT2D eigenvalue weighted by atomic mass is 10.1. The van der Waals surface area contributed by atoms with Crippen molar-refractivity contribution in [3.8, 4) is 0 Å². The van der Waals surface area contributed by atoms with Gasteiger partial charge in [0.25, 0.3) is 0 Å². The van der Waals surface area contributed by atoms with Crippen molar-refractivity contribution in [2.75, 3.05) is 17.2 Å². The molecule has 0 saturated heterocycles. The molecular weight excluding hydrogens is 278 g/mol. The topological polar surface area (TPSA) is 75.9 Å². The van der Waals surface area contributed by atoms with Crippen LogP contribution in [0.5, 0.6) is 0 Å². The van der Waals surface area contributed by atoms with E-state index < -0.39 is 0 Å². The Kier molecular flexibility index (Phi) is 4.29. The van der Waals surface area contributed by atoms with Gasteiger partial charge >= 0.3 is 0 Å². The van der Waals surface area contributed by atoms with Gasteiger partial charge in [0.15, 0.2) is 5.82 Å². The Bertz CT molecular complexity index is 726. The van der Waals surface area contributed by atoms with Crippen LogP contribution in [0.25, 0.3) is 0 Å². The smallest absolute Gasteiger partial charge is 0.230 e. The first-order valence-corrected chi connectivity index (χ1v) is 7.11. The molecule has 2 heterocycles. The molecule has 0 amide bonds. The zero-order chi connectivity index (χ0) is 15.2. The number of rotatable bonds is 6.